The van der Waals surface area contributed by atoms with Gasteiger partial charge in [0.25, 0.3) is 0 Å². The van der Waals surface area contributed by atoms with Gasteiger partial charge < -0.3 is 12.3 Å². The Kier molecular flexibility index (Phi) is 16.2. The minimum absolute atomic E-state index is 0. The third-order valence-electron chi connectivity index (χ3n) is 0.375. The molecule has 0 aromatic carbocycles. The standard InChI is InChI=1S/C5H7.K/c1-3-5-4-2;/h3,5H2,1H3;/q-1;+1. The second-order valence-electron chi connectivity index (χ2n) is 0.927. The van der Waals surface area contributed by atoms with Crippen LogP contribution in [0.15, 0.2) is 0 Å². The van der Waals surface area contributed by atoms with E-state index in [2.05, 4.69) is 5.92 Å². The van der Waals surface area contributed by atoms with Crippen LogP contribution in [0.3, 0.4) is 0 Å². The topological polar surface area (TPSA) is 0 Å². The zero-order valence-corrected chi connectivity index (χ0v) is 7.54. The van der Waals surface area contributed by atoms with Crippen LogP contribution in [0.2, 0.25) is 0 Å². The van der Waals surface area contributed by atoms with Crippen LogP contribution in [-0.2, 0) is 0 Å². The molecule has 0 saturated carbocycles. The van der Waals surface area contributed by atoms with Gasteiger partial charge in [0.1, 0.15) is 0 Å². The molecule has 0 radical (unpaired) electrons. The molecular formula is C5H7K. The van der Waals surface area contributed by atoms with Crippen LogP contribution in [-0.4, -0.2) is 0 Å². The third-order valence-corrected chi connectivity index (χ3v) is 0.375. The van der Waals surface area contributed by atoms with Gasteiger partial charge in [-0.05, 0) is 12.8 Å². The van der Waals surface area contributed by atoms with E-state index in [0.29, 0.717) is 0 Å². The van der Waals surface area contributed by atoms with Gasteiger partial charge in [0.05, 0.1) is 0 Å². The first-order valence-corrected chi connectivity index (χ1v) is 1.81. The van der Waals surface area contributed by atoms with Gasteiger partial charge in [-0.3, -0.25) is 0 Å². The largest absolute Gasteiger partial charge is 1.00 e. The van der Waals surface area contributed by atoms with Gasteiger partial charge in [-0.25, -0.2) is 0 Å². The normalized spacial score (nSPS) is 5.33. The predicted molar refractivity (Wildman–Crippen MR) is 22.0 cm³/mol. The molecule has 28 valence electrons. The van der Waals surface area contributed by atoms with Crippen LogP contribution in [0.1, 0.15) is 19.8 Å². The maximum atomic E-state index is 6.35. The number of unbranched alkanes of at least 4 members (excludes halogenated alkanes) is 1. The smallest absolute Gasteiger partial charge is 0.694 e. The average Bonchev–Trinajstić information content (AvgIpc) is 1.41. The molecule has 0 spiro atoms. The quantitative estimate of drug-likeness (QED) is 0.214. The van der Waals surface area contributed by atoms with Crippen LogP contribution in [0, 0.1) is 12.3 Å². The molecule has 0 atom stereocenters. The van der Waals surface area contributed by atoms with Crippen molar-refractivity contribution in [1.82, 2.24) is 0 Å². The Bertz CT molecular complexity index is 42.4. The van der Waals surface area contributed by atoms with Gasteiger partial charge in [0.2, 0.25) is 0 Å². The number of hydrogen-bond acceptors (Lipinski definition) is 0. The van der Waals surface area contributed by atoms with Crippen LogP contribution < -0.4 is 51.4 Å². The Labute approximate surface area is 82.1 Å². The molecule has 0 rings (SSSR count). The van der Waals surface area contributed by atoms with E-state index in [4.69, 9.17) is 6.42 Å². The van der Waals surface area contributed by atoms with Crippen molar-refractivity contribution in [1.29, 1.82) is 0 Å². The van der Waals surface area contributed by atoms with Gasteiger partial charge in [0.15, 0.2) is 0 Å². The van der Waals surface area contributed by atoms with Crippen molar-refractivity contribution in [2.45, 2.75) is 19.8 Å². The van der Waals surface area contributed by atoms with Crippen LogP contribution in [0.4, 0.5) is 0 Å². The van der Waals surface area contributed by atoms with E-state index in [1.165, 1.54) is 0 Å². The fraction of sp³-hybridized carbons (Fsp3) is 0.600. The summed E-state index contributed by atoms with van der Waals surface area (Å²) in [5.41, 5.74) is 0. The summed E-state index contributed by atoms with van der Waals surface area (Å²) in [6.45, 7) is 2.03. The average molecular weight is 106 g/mol. The molecule has 0 aromatic rings. The maximum absolute atomic E-state index is 6.35. The molecule has 0 heterocycles. The molecule has 0 aliphatic heterocycles. The second kappa shape index (κ2) is 9.50. The van der Waals surface area contributed by atoms with Crippen LogP contribution in [0.25, 0.3) is 0 Å². The second-order valence-corrected chi connectivity index (χ2v) is 0.927. The molecule has 0 saturated heterocycles. The third kappa shape index (κ3) is 8.96. The molecule has 0 fully saturated rings. The van der Waals surface area contributed by atoms with Crippen LogP contribution in [0.5, 0.6) is 0 Å². The summed E-state index contributed by atoms with van der Waals surface area (Å²) in [7, 11) is 0. The van der Waals surface area contributed by atoms with Crippen LogP contribution >= 0.6 is 0 Å². The zero-order chi connectivity index (χ0) is 4.12. The molecule has 0 bridgehead atoms. The van der Waals surface area contributed by atoms with Crippen molar-refractivity contribution in [3.8, 4) is 5.92 Å². The van der Waals surface area contributed by atoms with E-state index >= 15 is 0 Å². The Balaban J connectivity index is 0. The molecule has 0 aliphatic rings. The Hall–Kier alpha value is 1.20. The van der Waals surface area contributed by atoms with Gasteiger partial charge in [-0.2, -0.15) is 0 Å². The van der Waals surface area contributed by atoms with Crippen molar-refractivity contribution < 1.29 is 51.4 Å². The molecule has 0 N–H and O–H groups in total. The van der Waals surface area contributed by atoms with Crippen molar-refractivity contribution in [3.05, 3.63) is 6.42 Å². The Morgan fingerprint density at radius 2 is 2.17 bits per heavy atom. The Morgan fingerprint density at radius 1 is 1.67 bits per heavy atom. The summed E-state index contributed by atoms with van der Waals surface area (Å²) in [6, 6.07) is 0. The number of hydrogen-bond donors (Lipinski definition) is 0. The Morgan fingerprint density at radius 3 is 2.17 bits per heavy atom. The predicted octanol–water partition coefficient (Wildman–Crippen LogP) is -1.62. The fourth-order valence-electron chi connectivity index (χ4n) is 0.125. The SMILES string of the molecule is [C-]#CCCC.[K+]. The van der Waals surface area contributed by atoms with Crippen molar-refractivity contribution in [3.63, 3.8) is 0 Å². The van der Waals surface area contributed by atoms with E-state index in [1.807, 2.05) is 6.92 Å². The maximum Gasteiger partial charge on any atom is 1.00 e. The fourth-order valence-corrected chi connectivity index (χ4v) is 0.125. The van der Waals surface area contributed by atoms with Gasteiger partial charge in [-0.1, -0.05) is 6.92 Å². The molecule has 0 aromatic heterocycles. The summed E-state index contributed by atoms with van der Waals surface area (Å²) < 4.78 is 0. The van der Waals surface area contributed by atoms with E-state index in [-0.39, 0.29) is 51.4 Å². The summed E-state index contributed by atoms with van der Waals surface area (Å²) in [5, 5.41) is 0. The van der Waals surface area contributed by atoms with E-state index in [0.717, 1.165) is 12.8 Å². The molecule has 0 nitrogen and oxygen atoms in total. The number of rotatable bonds is 1. The minimum atomic E-state index is 0. The first-order chi connectivity index (χ1) is 2.41. The molecule has 0 amide bonds. The summed E-state index contributed by atoms with van der Waals surface area (Å²) >= 11 is 0. The van der Waals surface area contributed by atoms with Crippen molar-refractivity contribution in [2.75, 3.05) is 0 Å². The molecule has 1 heteroatoms. The van der Waals surface area contributed by atoms with Crippen molar-refractivity contribution >= 4 is 0 Å². The summed E-state index contributed by atoms with van der Waals surface area (Å²) in [4.78, 5) is 0. The minimum Gasteiger partial charge on any atom is -0.694 e. The summed E-state index contributed by atoms with van der Waals surface area (Å²) in [5.74, 6) is 2.27. The summed E-state index contributed by atoms with van der Waals surface area (Å²) in [6.07, 6.45) is 8.20. The first-order valence-electron chi connectivity index (χ1n) is 1.81. The van der Waals surface area contributed by atoms with E-state index < -0.39 is 0 Å². The zero-order valence-electron chi connectivity index (χ0n) is 4.41. The molecule has 0 unspecified atom stereocenters. The van der Waals surface area contributed by atoms with E-state index in [1.54, 1.807) is 0 Å². The van der Waals surface area contributed by atoms with Gasteiger partial charge >= 0.3 is 51.4 Å². The molecule has 6 heavy (non-hydrogen) atoms. The first kappa shape index (κ1) is 10.2. The van der Waals surface area contributed by atoms with E-state index in [9.17, 15) is 0 Å². The van der Waals surface area contributed by atoms with Crippen molar-refractivity contribution in [2.24, 2.45) is 0 Å². The monoisotopic (exact) mass is 106 g/mol. The van der Waals surface area contributed by atoms with Gasteiger partial charge in [-0.15, -0.1) is 0 Å². The molecular weight excluding hydrogens is 99.2 g/mol. The molecule has 0 aliphatic carbocycles. The van der Waals surface area contributed by atoms with Gasteiger partial charge in [0, 0.05) is 0 Å².